The number of nitro groups is 1. The van der Waals surface area contributed by atoms with Crippen LogP contribution < -0.4 is 19.5 Å². The highest BCUT2D eigenvalue weighted by molar-refractivity contribution is 5.94. The number of nitrogens with one attached hydrogen (secondary N) is 1. The summed E-state index contributed by atoms with van der Waals surface area (Å²) in [5.74, 6) is -0.599. The zero-order chi connectivity index (χ0) is 18.1. The molecule has 9 heteroatoms. The first-order valence-electron chi connectivity index (χ1n) is 7.16. The van der Waals surface area contributed by atoms with Crippen LogP contribution in [-0.2, 0) is 0 Å². The average molecular weight is 346 g/mol. The largest absolute Gasteiger partial charge is 0.493 e. The van der Waals surface area contributed by atoms with Crippen molar-refractivity contribution in [2.45, 2.75) is 6.23 Å². The monoisotopic (exact) mass is 346 g/mol. The second-order valence-corrected chi connectivity index (χ2v) is 5.15. The maximum atomic E-state index is 11.7. The molecule has 0 bridgehead atoms. The highest BCUT2D eigenvalue weighted by Crippen LogP contribution is 2.43. The van der Waals surface area contributed by atoms with Gasteiger partial charge in [0.25, 0.3) is 5.69 Å². The quantitative estimate of drug-likeness (QED) is 0.626. The molecule has 2 aromatic carbocycles. The minimum absolute atomic E-state index is 0.0693. The first-order chi connectivity index (χ1) is 12.0. The summed E-state index contributed by atoms with van der Waals surface area (Å²) in [6.07, 6.45) is -0.831. The smallest absolute Gasteiger partial charge is 0.340 e. The summed E-state index contributed by atoms with van der Waals surface area (Å²) in [5.41, 5.74) is 0.611. The van der Waals surface area contributed by atoms with Crippen LogP contribution in [0.3, 0.4) is 0 Å². The molecular weight excluding hydrogens is 332 g/mol. The number of carboxylic acid groups (broad SMARTS) is 1. The average Bonchev–Trinajstić information content (AvgIpc) is 3.02. The van der Waals surface area contributed by atoms with Gasteiger partial charge in [0, 0.05) is 11.6 Å². The van der Waals surface area contributed by atoms with E-state index in [2.05, 4.69) is 5.32 Å². The zero-order valence-corrected chi connectivity index (χ0v) is 13.3. The van der Waals surface area contributed by atoms with Crippen LogP contribution in [0.5, 0.6) is 17.2 Å². The summed E-state index contributed by atoms with van der Waals surface area (Å²) in [6, 6.07) is 7.24. The van der Waals surface area contributed by atoms with Crippen molar-refractivity contribution in [3.05, 3.63) is 51.6 Å². The molecule has 2 N–H and O–H groups in total. The maximum Gasteiger partial charge on any atom is 0.340 e. The summed E-state index contributed by atoms with van der Waals surface area (Å²) in [4.78, 5) is 22.1. The van der Waals surface area contributed by atoms with Crippen LogP contribution in [0, 0.1) is 10.1 Å². The number of benzene rings is 2. The van der Waals surface area contributed by atoms with Gasteiger partial charge < -0.3 is 24.6 Å². The van der Waals surface area contributed by atoms with E-state index in [1.165, 1.54) is 32.4 Å². The van der Waals surface area contributed by atoms with Gasteiger partial charge in [-0.1, -0.05) is 0 Å². The maximum absolute atomic E-state index is 11.7. The lowest BCUT2D eigenvalue weighted by Gasteiger charge is -2.18. The van der Waals surface area contributed by atoms with E-state index in [-0.39, 0.29) is 28.5 Å². The standard InChI is InChI=1S/C16H14N2O7/c1-23-11-6-4-9(13(16(19)20)14(11)24-2)15-17-10-5-3-8(18(21)22)7-12(10)25-15/h3-7,15,17H,1-2H3,(H,19,20)/t15-/m1/s1. The van der Waals surface area contributed by atoms with Gasteiger partial charge in [0.1, 0.15) is 5.56 Å². The molecule has 3 rings (SSSR count). The Labute approximate surface area is 141 Å². The number of carbonyl (C=O) groups is 1. The van der Waals surface area contributed by atoms with Crippen molar-refractivity contribution in [2.75, 3.05) is 19.5 Å². The molecule has 2 aromatic rings. The fourth-order valence-corrected chi connectivity index (χ4v) is 2.66. The first-order valence-corrected chi connectivity index (χ1v) is 7.16. The van der Waals surface area contributed by atoms with E-state index in [4.69, 9.17) is 14.2 Å². The first kappa shape index (κ1) is 16.4. The summed E-state index contributed by atoms with van der Waals surface area (Å²) in [5, 5.41) is 23.5. The number of anilines is 1. The fraction of sp³-hybridized carbons (Fsp3) is 0.188. The van der Waals surface area contributed by atoms with Gasteiger partial charge in [-0.05, 0) is 18.2 Å². The van der Waals surface area contributed by atoms with Crippen LogP contribution in [0.4, 0.5) is 11.4 Å². The number of methoxy groups -OCH3 is 2. The van der Waals surface area contributed by atoms with E-state index in [1.54, 1.807) is 12.1 Å². The van der Waals surface area contributed by atoms with E-state index in [1.807, 2.05) is 0 Å². The molecule has 1 aliphatic heterocycles. The van der Waals surface area contributed by atoms with Crippen molar-refractivity contribution in [3.63, 3.8) is 0 Å². The number of nitro benzene ring substituents is 1. The highest BCUT2D eigenvalue weighted by Gasteiger charge is 2.31. The number of rotatable bonds is 5. The van der Waals surface area contributed by atoms with Gasteiger partial charge in [-0.3, -0.25) is 10.1 Å². The lowest BCUT2D eigenvalue weighted by atomic mass is 10.0. The third kappa shape index (κ3) is 2.75. The Morgan fingerprint density at radius 1 is 1.28 bits per heavy atom. The number of hydrogen-bond donors (Lipinski definition) is 2. The summed E-state index contributed by atoms with van der Waals surface area (Å²) < 4.78 is 16.0. The Morgan fingerprint density at radius 2 is 2.04 bits per heavy atom. The number of non-ortho nitro benzene ring substituents is 1. The van der Waals surface area contributed by atoms with E-state index < -0.39 is 17.1 Å². The Balaban J connectivity index is 2.03. The van der Waals surface area contributed by atoms with E-state index in [0.29, 0.717) is 11.3 Å². The van der Waals surface area contributed by atoms with E-state index >= 15 is 0 Å². The van der Waals surface area contributed by atoms with E-state index in [0.717, 1.165) is 0 Å². The molecule has 0 aromatic heterocycles. The van der Waals surface area contributed by atoms with Crippen LogP contribution in [0.2, 0.25) is 0 Å². The number of aromatic carboxylic acids is 1. The van der Waals surface area contributed by atoms with Crippen LogP contribution in [0.1, 0.15) is 22.1 Å². The number of nitrogens with zero attached hydrogens (tertiary/aromatic N) is 1. The molecule has 0 saturated carbocycles. The third-order valence-electron chi connectivity index (χ3n) is 3.78. The summed E-state index contributed by atoms with van der Waals surface area (Å²) >= 11 is 0. The number of hydrogen-bond acceptors (Lipinski definition) is 7. The van der Waals surface area contributed by atoms with Crippen LogP contribution in [-0.4, -0.2) is 30.2 Å². The van der Waals surface area contributed by atoms with Gasteiger partial charge in [0.15, 0.2) is 23.5 Å². The molecule has 130 valence electrons. The van der Waals surface area contributed by atoms with Crippen LogP contribution >= 0.6 is 0 Å². The van der Waals surface area contributed by atoms with Gasteiger partial charge in [0.05, 0.1) is 30.9 Å². The number of fused-ring (bicyclic) bond motifs is 1. The van der Waals surface area contributed by atoms with Crippen molar-refractivity contribution >= 4 is 17.3 Å². The van der Waals surface area contributed by atoms with Gasteiger partial charge in [-0.2, -0.15) is 0 Å². The number of ether oxygens (including phenoxy) is 3. The molecular formula is C16H14N2O7. The molecule has 0 unspecified atom stereocenters. The van der Waals surface area contributed by atoms with Crippen LogP contribution in [0.25, 0.3) is 0 Å². The highest BCUT2D eigenvalue weighted by atomic mass is 16.6. The minimum Gasteiger partial charge on any atom is -0.493 e. The molecule has 1 heterocycles. The molecule has 0 fully saturated rings. The predicted molar refractivity (Wildman–Crippen MR) is 86.6 cm³/mol. The minimum atomic E-state index is -1.21. The van der Waals surface area contributed by atoms with Crippen molar-refractivity contribution in [2.24, 2.45) is 0 Å². The van der Waals surface area contributed by atoms with Gasteiger partial charge in [0.2, 0.25) is 0 Å². The molecule has 25 heavy (non-hydrogen) atoms. The summed E-state index contributed by atoms with van der Waals surface area (Å²) in [7, 11) is 2.75. The van der Waals surface area contributed by atoms with Gasteiger partial charge in [-0.15, -0.1) is 0 Å². The van der Waals surface area contributed by atoms with Crippen molar-refractivity contribution in [1.82, 2.24) is 0 Å². The number of carboxylic acids is 1. The Hall–Kier alpha value is -3.49. The second kappa shape index (κ2) is 6.19. The molecule has 0 spiro atoms. The molecule has 0 radical (unpaired) electrons. The Morgan fingerprint density at radius 3 is 2.64 bits per heavy atom. The van der Waals surface area contributed by atoms with Crippen LogP contribution in [0.15, 0.2) is 30.3 Å². The zero-order valence-electron chi connectivity index (χ0n) is 13.3. The molecule has 0 amide bonds. The lowest BCUT2D eigenvalue weighted by molar-refractivity contribution is -0.384. The molecule has 1 atom stereocenters. The fourth-order valence-electron chi connectivity index (χ4n) is 2.66. The molecule has 0 aliphatic carbocycles. The van der Waals surface area contributed by atoms with Crippen molar-refractivity contribution in [3.8, 4) is 17.2 Å². The van der Waals surface area contributed by atoms with Crippen molar-refractivity contribution in [1.29, 1.82) is 0 Å². The van der Waals surface area contributed by atoms with E-state index in [9.17, 15) is 20.0 Å². The molecule has 9 nitrogen and oxygen atoms in total. The Bertz CT molecular complexity index is 866. The lowest BCUT2D eigenvalue weighted by Crippen LogP contribution is -2.16. The van der Waals surface area contributed by atoms with Gasteiger partial charge >= 0.3 is 5.97 Å². The topological polar surface area (TPSA) is 120 Å². The summed E-state index contributed by atoms with van der Waals surface area (Å²) in [6.45, 7) is 0. The molecule has 0 saturated heterocycles. The normalized spacial score (nSPS) is 14.9. The predicted octanol–water partition coefficient (Wildman–Crippen LogP) is 2.81. The molecule has 1 aliphatic rings. The third-order valence-corrected chi connectivity index (χ3v) is 3.78. The van der Waals surface area contributed by atoms with Gasteiger partial charge in [-0.25, -0.2) is 4.79 Å². The Kier molecular flexibility index (Phi) is 4.05. The van der Waals surface area contributed by atoms with Crippen molar-refractivity contribution < 1.29 is 29.0 Å². The second-order valence-electron chi connectivity index (χ2n) is 5.15. The SMILES string of the molecule is COc1ccc([C@@H]2Nc3ccc([N+](=O)[O-])cc3O2)c(C(=O)O)c1OC.